The zero-order valence-corrected chi connectivity index (χ0v) is 11.5. The second kappa shape index (κ2) is 6.56. The summed E-state index contributed by atoms with van der Waals surface area (Å²) in [7, 11) is 0. The maximum atomic E-state index is 12.2. The molecule has 0 aliphatic heterocycles. The number of carboxylic acid groups (broad SMARTS) is 1. The molecule has 108 valence electrons. The smallest absolute Gasteiger partial charge is 0.255 e. The molecule has 1 N–H and O–H groups in total. The number of carboxylic acids is 1. The van der Waals surface area contributed by atoms with Gasteiger partial charge in [-0.25, -0.2) is 0 Å². The fourth-order valence-electron chi connectivity index (χ4n) is 1.86. The van der Waals surface area contributed by atoms with Gasteiger partial charge in [-0.2, -0.15) is 0 Å². The summed E-state index contributed by atoms with van der Waals surface area (Å²) in [6.45, 7) is 2.35. The van der Waals surface area contributed by atoms with E-state index in [-0.39, 0.29) is 11.3 Å². The van der Waals surface area contributed by atoms with E-state index in [1.54, 1.807) is 36.4 Å². The largest absolute Gasteiger partial charge is 0.545 e. The number of amides is 1. The molecule has 5 heteroatoms. The molecule has 2 rings (SSSR count). The number of aromatic carboxylic acids is 1. The second-order valence-corrected chi connectivity index (χ2v) is 4.25. The zero-order valence-electron chi connectivity index (χ0n) is 11.5. The van der Waals surface area contributed by atoms with Crippen LogP contribution in [-0.4, -0.2) is 18.5 Å². The first kappa shape index (κ1) is 14.6. The van der Waals surface area contributed by atoms with Crippen molar-refractivity contribution in [3.63, 3.8) is 0 Å². The van der Waals surface area contributed by atoms with Gasteiger partial charge >= 0.3 is 0 Å². The Hall–Kier alpha value is -2.82. The number of nitrogens with one attached hydrogen (secondary N) is 1. The van der Waals surface area contributed by atoms with Gasteiger partial charge in [0.25, 0.3) is 5.91 Å². The van der Waals surface area contributed by atoms with Gasteiger partial charge in [-0.3, -0.25) is 4.79 Å². The molecule has 0 fully saturated rings. The zero-order chi connectivity index (χ0) is 15.2. The van der Waals surface area contributed by atoms with Gasteiger partial charge < -0.3 is 20.0 Å². The summed E-state index contributed by atoms with van der Waals surface area (Å²) in [6, 6.07) is 12.8. The first-order valence-electron chi connectivity index (χ1n) is 6.46. The van der Waals surface area contributed by atoms with E-state index < -0.39 is 11.9 Å². The minimum absolute atomic E-state index is 0.0631. The molecule has 0 bridgehead atoms. The maximum Gasteiger partial charge on any atom is 0.255 e. The Morgan fingerprint density at radius 1 is 1.14 bits per heavy atom. The topological polar surface area (TPSA) is 78.5 Å². The molecule has 0 aliphatic carbocycles. The van der Waals surface area contributed by atoms with E-state index in [0.29, 0.717) is 17.9 Å². The fourth-order valence-corrected chi connectivity index (χ4v) is 1.86. The van der Waals surface area contributed by atoms with Gasteiger partial charge in [-0.05, 0) is 31.2 Å². The Balaban J connectivity index is 2.22. The van der Waals surface area contributed by atoms with Gasteiger partial charge in [0.15, 0.2) is 0 Å². The summed E-state index contributed by atoms with van der Waals surface area (Å²) in [6.07, 6.45) is 0. The predicted molar refractivity (Wildman–Crippen MR) is 76.3 cm³/mol. The van der Waals surface area contributed by atoms with Crippen LogP contribution in [0.1, 0.15) is 27.6 Å². The highest BCUT2D eigenvalue weighted by Crippen LogP contribution is 2.18. The van der Waals surface area contributed by atoms with E-state index in [2.05, 4.69) is 5.32 Å². The van der Waals surface area contributed by atoms with E-state index in [9.17, 15) is 14.7 Å². The number of carbonyl (C=O) groups excluding carboxylic acids is 2. The second-order valence-electron chi connectivity index (χ2n) is 4.25. The van der Waals surface area contributed by atoms with Crippen molar-refractivity contribution in [3.05, 3.63) is 59.7 Å². The molecule has 5 nitrogen and oxygen atoms in total. The molecule has 0 radical (unpaired) electrons. The van der Waals surface area contributed by atoms with Gasteiger partial charge in [-0.15, -0.1) is 0 Å². The lowest BCUT2D eigenvalue weighted by molar-refractivity contribution is -0.254. The molecule has 0 atom stereocenters. The Labute approximate surface area is 122 Å². The third kappa shape index (κ3) is 3.60. The van der Waals surface area contributed by atoms with Crippen molar-refractivity contribution in [1.29, 1.82) is 0 Å². The lowest BCUT2D eigenvalue weighted by Crippen LogP contribution is -2.24. The number of carbonyl (C=O) groups is 2. The molecular weight excluding hydrogens is 270 g/mol. The van der Waals surface area contributed by atoms with Gasteiger partial charge in [0.2, 0.25) is 0 Å². The van der Waals surface area contributed by atoms with Crippen molar-refractivity contribution in [2.45, 2.75) is 6.92 Å². The quantitative estimate of drug-likeness (QED) is 0.906. The summed E-state index contributed by atoms with van der Waals surface area (Å²) in [5.41, 5.74) is 0.519. The highest BCUT2D eigenvalue weighted by Gasteiger charge is 2.10. The van der Waals surface area contributed by atoms with Crippen molar-refractivity contribution in [3.8, 4) is 5.75 Å². The average Bonchev–Trinajstić information content (AvgIpc) is 2.48. The van der Waals surface area contributed by atoms with Crippen molar-refractivity contribution >= 4 is 17.6 Å². The SMILES string of the molecule is CCOc1cccc(C(=O)Nc2ccccc2C(=O)[O-])c1. The minimum Gasteiger partial charge on any atom is -0.545 e. The van der Waals surface area contributed by atoms with Crippen molar-refractivity contribution < 1.29 is 19.4 Å². The number of para-hydroxylation sites is 1. The summed E-state index contributed by atoms with van der Waals surface area (Å²) >= 11 is 0. The van der Waals surface area contributed by atoms with Gasteiger partial charge in [0.1, 0.15) is 5.75 Å². The van der Waals surface area contributed by atoms with Crippen LogP contribution in [-0.2, 0) is 0 Å². The van der Waals surface area contributed by atoms with E-state index in [1.807, 2.05) is 6.92 Å². The van der Waals surface area contributed by atoms with Crippen LogP contribution in [0.25, 0.3) is 0 Å². The van der Waals surface area contributed by atoms with Gasteiger partial charge in [-0.1, -0.05) is 24.3 Å². The van der Waals surface area contributed by atoms with E-state index >= 15 is 0 Å². The van der Waals surface area contributed by atoms with Crippen LogP contribution in [0.3, 0.4) is 0 Å². The molecule has 2 aromatic rings. The van der Waals surface area contributed by atoms with E-state index in [0.717, 1.165) is 0 Å². The van der Waals surface area contributed by atoms with Crippen molar-refractivity contribution in [2.24, 2.45) is 0 Å². The van der Waals surface area contributed by atoms with Crippen molar-refractivity contribution in [1.82, 2.24) is 0 Å². The molecule has 2 aromatic carbocycles. The summed E-state index contributed by atoms with van der Waals surface area (Å²) in [4.78, 5) is 23.2. The number of benzene rings is 2. The number of anilines is 1. The number of rotatable bonds is 5. The van der Waals surface area contributed by atoms with Gasteiger partial charge in [0.05, 0.1) is 18.3 Å². The summed E-state index contributed by atoms with van der Waals surface area (Å²) in [5, 5.41) is 13.6. The molecule has 0 heterocycles. The van der Waals surface area contributed by atoms with Crippen LogP contribution >= 0.6 is 0 Å². The van der Waals surface area contributed by atoms with E-state index in [1.165, 1.54) is 12.1 Å². The molecule has 0 spiro atoms. The first-order chi connectivity index (χ1) is 10.1. The number of hydrogen-bond acceptors (Lipinski definition) is 4. The third-order valence-corrected chi connectivity index (χ3v) is 2.80. The van der Waals surface area contributed by atoms with Crippen LogP contribution < -0.4 is 15.2 Å². The summed E-state index contributed by atoms with van der Waals surface area (Å²) < 4.78 is 5.32. The monoisotopic (exact) mass is 284 g/mol. The average molecular weight is 284 g/mol. The molecule has 0 aromatic heterocycles. The molecule has 0 saturated heterocycles. The number of hydrogen-bond donors (Lipinski definition) is 1. The fraction of sp³-hybridized carbons (Fsp3) is 0.125. The predicted octanol–water partition coefficient (Wildman–Crippen LogP) is 1.70. The molecule has 0 aliphatic rings. The Kier molecular flexibility index (Phi) is 4.56. The van der Waals surface area contributed by atoms with E-state index in [4.69, 9.17) is 4.74 Å². The molecular formula is C16H14NO4-. The normalized spacial score (nSPS) is 9.95. The molecule has 1 amide bonds. The minimum atomic E-state index is -1.34. The highest BCUT2D eigenvalue weighted by molar-refractivity contribution is 6.07. The number of ether oxygens (including phenoxy) is 1. The van der Waals surface area contributed by atoms with Gasteiger partial charge in [0, 0.05) is 11.1 Å². The Morgan fingerprint density at radius 3 is 2.62 bits per heavy atom. The van der Waals surface area contributed by atoms with Crippen LogP contribution in [0, 0.1) is 0 Å². The lowest BCUT2D eigenvalue weighted by Gasteiger charge is -2.12. The highest BCUT2D eigenvalue weighted by atomic mass is 16.5. The Bertz CT molecular complexity index is 667. The first-order valence-corrected chi connectivity index (χ1v) is 6.46. The lowest BCUT2D eigenvalue weighted by atomic mass is 10.1. The molecule has 21 heavy (non-hydrogen) atoms. The summed E-state index contributed by atoms with van der Waals surface area (Å²) in [5.74, 6) is -1.17. The van der Waals surface area contributed by atoms with Crippen LogP contribution in [0.2, 0.25) is 0 Å². The van der Waals surface area contributed by atoms with Crippen LogP contribution in [0.15, 0.2) is 48.5 Å². The molecule has 0 unspecified atom stereocenters. The third-order valence-electron chi connectivity index (χ3n) is 2.80. The van der Waals surface area contributed by atoms with Crippen LogP contribution in [0.4, 0.5) is 5.69 Å². The standard InChI is InChI=1S/C16H15NO4/c1-2-21-12-7-5-6-11(10-12)15(18)17-14-9-4-3-8-13(14)16(19)20/h3-10H,2H2,1H3,(H,17,18)(H,19,20)/p-1. The Morgan fingerprint density at radius 2 is 1.90 bits per heavy atom. The van der Waals surface area contributed by atoms with Crippen LogP contribution in [0.5, 0.6) is 5.75 Å². The maximum absolute atomic E-state index is 12.2. The molecule has 0 saturated carbocycles. The van der Waals surface area contributed by atoms with Crippen molar-refractivity contribution in [2.75, 3.05) is 11.9 Å².